The molecule has 2 unspecified atom stereocenters. The Kier molecular flexibility index (Phi) is 10.2. The van der Waals surface area contributed by atoms with Crippen LogP contribution in [0, 0.1) is 0 Å². The maximum absolute atomic E-state index is 9.45. The molecule has 0 spiro atoms. The quantitative estimate of drug-likeness (QED) is 0.501. The molecule has 0 bridgehead atoms. The fourth-order valence-electron chi connectivity index (χ4n) is 1.11. The minimum absolute atomic E-state index is 0.281. The van der Waals surface area contributed by atoms with Gasteiger partial charge < -0.3 is 24.4 Å². The molecule has 0 saturated heterocycles. The third-order valence-electron chi connectivity index (χ3n) is 1.93. The number of rotatable bonds is 10. The second kappa shape index (κ2) is 10.3. The van der Waals surface area contributed by atoms with Gasteiger partial charge in [-0.25, -0.2) is 0 Å². The molecule has 0 aliphatic heterocycles. The van der Waals surface area contributed by atoms with Gasteiger partial charge in [-0.3, -0.25) is 0 Å². The van der Waals surface area contributed by atoms with Crippen molar-refractivity contribution in [2.75, 3.05) is 40.6 Å². The third kappa shape index (κ3) is 10.1. The lowest BCUT2D eigenvalue weighted by Crippen LogP contribution is -2.21. The minimum Gasteiger partial charge on any atom is -0.391 e. The molecule has 15 heavy (non-hydrogen) atoms. The van der Waals surface area contributed by atoms with Crippen LogP contribution >= 0.6 is 0 Å². The molecule has 0 fully saturated rings. The van der Waals surface area contributed by atoms with Gasteiger partial charge in [-0.1, -0.05) is 0 Å². The molecule has 0 aromatic heterocycles. The van der Waals surface area contributed by atoms with Crippen LogP contribution in [-0.2, 0) is 14.2 Å². The topological polar surface area (TPSA) is 68.2 Å². The van der Waals surface area contributed by atoms with E-state index >= 15 is 0 Å². The van der Waals surface area contributed by atoms with Crippen molar-refractivity contribution in [3.63, 3.8) is 0 Å². The van der Waals surface area contributed by atoms with Crippen LogP contribution in [0.5, 0.6) is 0 Å². The number of aliphatic hydroxyl groups is 2. The van der Waals surface area contributed by atoms with E-state index in [-0.39, 0.29) is 6.61 Å². The Hall–Kier alpha value is -0.200. The standard InChI is InChI=1S/C10H22O5/c1-13-5-6-15-8-10(12)4-3-9(11)7-14-2/h9-12H,3-8H2,1-2H3. The molecule has 0 aromatic rings. The van der Waals surface area contributed by atoms with Crippen LogP contribution < -0.4 is 0 Å². The molecule has 0 radical (unpaired) electrons. The van der Waals surface area contributed by atoms with Gasteiger partial charge >= 0.3 is 0 Å². The summed E-state index contributed by atoms with van der Waals surface area (Å²) in [4.78, 5) is 0. The Balaban J connectivity index is 3.28. The zero-order valence-corrected chi connectivity index (χ0v) is 9.52. The first kappa shape index (κ1) is 14.8. The molecule has 0 aliphatic rings. The maximum Gasteiger partial charge on any atom is 0.0774 e. The van der Waals surface area contributed by atoms with Crippen molar-refractivity contribution >= 4 is 0 Å². The summed E-state index contributed by atoms with van der Waals surface area (Å²) >= 11 is 0. The van der Waals surface area contributed by atoms with Gasteiger partial charge in [-0.15, -0.1) is 0 Å². The zero-order chi connectivity index (χ0) is 11.5. The molecule has 0 saturated carbocycles. The van der Waals surface area contributed by atoms with Crippen LogP contribution in [0.25, 0.3) is 0 Å². The summed E-state index contributed by atoms with van der Waals surface area (Å²) in [5, 5.41) is 18.8. The Bertz CT molecular complexity index is 131. The predicted octanol–water partition coefficient (Wildman–Crippen LogP) is -0.202. The van der Waals surface area contributed by atoms with E-state index in [9.17, 15) is 10.2 Å². The monoisotopic (exact) mass is 222 g/mol. The van der Waals surface area contributed by atoms with Crippen molar-refractivity contribution < 1.29 is 24.4 Å². The van der Waals surface area contributed by atoms with Gasteiger partial charge in [-0.05, 0) is 12.8 Å². The summed E-state index contributed by atoms with van der Waals surface area (Å²) < 4.78 is 14.7. The van der Waals surface area contributed by atoms with Crippen molar-refractivity contribution in [2.24, 2.45) is 0 Å². The predicted molar refractivity (Wildman–Crippen MR) is 55.8 cm³/mol. The summed E-state index contributed by atoms with van der Waals surface area (Å²) in [6, 6.07) is 0. The second-order valence-corrected chi connectivity index (χ2v) is 3.41. The van der Waals surface area contributed by atoms with Gasteiger partial charge in [0, 0.05) is 14.2 Å². The lowest BCUT2D eigenvalue weighted by Gasteiger charge is -2.13. The molecule has 5 heteroatoms. The van der Waals surface area contributed by atoms with Gasteiger partial charge in [0.15, 0.2) is 0 Å². The SMILES string of the molecule is COCCOCC(O)CCC(O)COC. The molecule has 92 valence electrons. The summed E-state index contributed by atoms with van der Waals surface area (Å²) in [5.74, 6) is 0. The minimum atomic E-state index is -0.534. The van der Waals surface area contributed by atoms with Gasteiger partial charge in [0.05, 0.1) is 38.6 Å². The highest BCUT2D eigenvalue weighted by molar-refractivity contribution is 4.60. The molecular formula is C10H22O5. The fourth-order valence-corrected chi connectivity index (χ4v) is 1.11. The second-order valence-electron chi connectivity index (χ2n) is 3.41. The van der Waals surface area contributed by atoms with Crippen molar-refractivity contribution in [1.82, 2.24) is 0 Å². The fraction of sp³-hybridized carbons (Fsp3) is 1.00. The lowest BCUT2D eigenvalue weighted by molar-refractivity contribution is -0.00121. The van der Waals surface area contributed by atoms with E-state index in [0.717, 1.165) is 0 Å². The number of methoxy groups -OCH3 is 2. The highest BCUT2D eigenvalue weighted by atomic mass is 16.5. The average Bonchev–Trinajstić information content (AvgIpc) is 2.22. The smallest absolute Gasteiger partial charge is 0.0774 e. The molecule has 0 amide bonds. The molecule has 0 heterocycles. The molecular weight excluding hydrogens is 200 g/mol. The van der Waals surface area contributed by atoms with Gasteiger partial charge in [0.2, 0.25) is 0 Å². The molecule has 0 rings (SSSR count). The highest BCUT2D eigenvalue weighted by Crippen LogP contribution is 2.02. The first-order valence-corrected chi connectivity index (χ1v) is 5.12. The van der Waals surface area contributed by atoms with Gasteiger partial charge in [-0.2, -0.15) is 0 Å². The molecule has 0 aliphatic carbocycles. The average molecular weight is 222 g/mol. The molecule has 2 atom stereocenters. The maximum atomic E-state index is 9.45. The van der Waals surface area contributed by atoms with E-state index in [1.54, 1.807) is 7.11 Å². The van der Waals surface area contributed by atoms with Crippen molar-refractivity contribution in [2.45, 2.75) is 25.0 Å². The Labute approximate surface area is 91.0 Å². The van der Waals surface area contributed by atoms with Crippen LogP contribution in [0.15, 0.2) is 0 Å². The Morgan fingerprint density at radius 2 is 1.47 bits per heavy atom. The third-order valence-corrected chi connectivity index (χ3v) is 1.93. The van der Waals surface area contributed by atoms with E-state index in [2.05, 4.69) is 0 Å². The Morgan fingerprint density at radius 1 is 0.867 bits per heavy atom. The van der Waals surface area contributed by atoms with Crippen LogP contribution in [0.1, 0.15) is 12.8 Å². The van der Waals surface area contributed by atoms with Gasteiger partial charge in [0.25, 0.3) is 0 Å². The molecule has 0 aromatic carbocycles. The van der Waals surface area contributed by atoms with E-state index in [1.165, 1.54) is 7.11 Å². The van der Waals surface area contributed by atoms with Crippen LogP contribution in [0.2, 0.25) is 0 Å². The van der Waals surface area contributed by atoms with E-state index < -0.39 is 12.2 Å². The van der Waals surface area contributed by atoms with Crippen LogP contribution in [0.3, 0.4) is 0 Å². The van der Waals surface area contributed by atoms with Crippen LogP contribution in [-0.4, -0.2) is 63.1 Å². The normalized spacial score (nSPS) is 15.2. The number of ether oxygens (including phenoxy) is 3. The number of hydrogen-bond donors (Lipinski definition) is 2. The summed E-state index contributed by atoms with van der Waals surface area (Å²) in [7, 11) is 3.13. The number of aliphatic hydroxyl groups excluding tert-OH is 2. The van der Waals surface area contributed by atoms with E-state index in [4.69, 9.17) is 14.2 Å². The van der Waals surface area contributed by atoms with E-state index in [0.29, 0.717) is 32.7 Å². The largest absolute Gasteiger partial charge is 0.391 e. The zero-order valence-electron chi connectivity index (χ0n) is 9.52. The Morgan fingerprint density at radius 3 is 2.00 bits per heavy atom. The summed E-state index contributed by atoms with van der Waals surface area (Å²) in [6.07, 6.45) is -0.0165. The summed E-state index contributed by atoms with van der Waals surface area (Å²) in [6.45, 7) is 1.59. The van der Waals surface area contributed by atoms with Crippen LogP contribution in [0.4, 0.5) is 0 Å². The van der Waals surface area contributed by atoms with Crippen molar-refractivity contribution in [3.05, 3.63) is 0 Å². The first-order chi connectivity index (χ1) is 7.20. The van der Waals surface area contributed by atoms with Gasteiger partial charge in [0.1, 0.15) is 0 Å². The van der Waals surface area contributed by atoms with Crippen molar-refractivity contribution in [1.29, 1.82) is 0 Å². The first-order valence-electron chi connectivity index (χ1n) is 5.12. The molecule has 2 N–H and O–H groups in total. The molecule has 5 nitrogen and oxygen atoms in total. The number of hydrogen-bond acceptors (Lipinski definition) is 5. The van der Waals surface area contributed by atoms with E-state index in [1.807, 2.05) is 0 Å². The highest BCUT2D eigenvalue weighted by Gasteiger charge is 2.09. The lowest BCUT2D eigenvalue weighted by atomic mass is 10.1. The summed E-state index contributed by atoms with van der Waals surface area (Å²) in [5.41, 5.74) is 0. The van der Waals surface area contributed by atoms with Crippen molar-refractivity contribution in [3.8, 4) is 0 Å².